The molecule has 0 unspecified atom stereocenters. The summed E-state index contributed by atoms with van der Waals surface area (Å²) in [5.74, 6) is 0. The fourth-order valence-electron chi connectivity index (χ4n) is 6.66. The molecule has 0 aliphatic carbocycles. The number of furan rings is 1. The summed E-state index contributed by atoms with van der Waals surface area (Å²) in [5, 5.41) is 7.02. The van der Waals surface area contributed by atoms with Crippen molar-refractivity contribution >= 4 is 71.6 Å². The molecule has 0 N–H and O–H groups in total. The first-order valence-corrected chi connectivity index (χ1v) is 14.6. The van der Waals surface area contributed by atoms with Crippen LogP contribution in [0.1, 0.15) is 0 Å². The SMILES string of the molecule is c1ccc(N(c2ccc3c4ccccc4n(-c4ccccc4)c3c2)c2c3ccccc3cc3c2oc2ccccc23)cc1. The van der Waals surface area contributed by atoms with Gasteiger partial charge in [0.15, 0.2) is 5.58 Å². The van der Waals surface area contributed by atoms with Crippen molar-refractivity contribution in [3.63, 3.8) is 0 Å². The Hall–Kier alpha value is -5.80. The molecule has 0 aliphatic heterocycles. The monoisotopic (exact) mass is 550 g/mol. The summed E-state index contributed by atoms with van der Waals surface area (Å²) in [6.07, 6.45) is 0. The van der Waals surface area contributed by atoms with E-state index in [2.05, 4.69) is 161 Å². The third kappa shape index (κ3) is 3.62. The van der Waals surface area contributed by atoms with Crippen LogP contribution in [0.25, 0.3) is 60.2 Å². The van der Waals surface area contributed by atoms with E-state index in [1.54, 1.807) is 0 Å². The number of benzene rings is 7. The molecule has 0 fully saturated rings. The van der Waals surface area contributed by atoms with Gasteiger partial charge in [-0.05, 0) is 60.0 Å². The molecule has 2 aromatic heterocycles. The lowest BCUT2D eigenvalue weighted by Gasteiger charge is -2.27. The molecule has 43 heavy (non-hydrogen) atoms. The van der Waals surface area contributed by atoms with Crippen LogP contribution < -0.4 is 4.90 Å². The average Bonchev–Trinajstić information content (AvgIpc) is 3.61. The molecule has 3 nitrogen and oxygen atoms in total. The van der Waals surface area contributed by atoms with Gasteiger partial charge in [0.2, 0.25) is 0 Å². The molecule has 3 heteroatoms. The molecular formula is C40H26N2O. The van der Waals surface area contributed by atoms with E-state index in [-0.39, 0.29) is 0 Å². The van der Waals surface area contributed by atoms with E-state index < -0.39 is 0 Å². The summed E-state index contributed by atoms with van der Waals surface area (Å²) in [6, 6.07) is 55.9. The second kappa shape index (κ2) is 9.37. The molecule has 0 atom stereocenters. The van der Waals surface area contributed by atoms with Gasteiger partial charge in [0.25, 0.3) is 0 Å². The Morgan fingerprint density at radius 2 is 1.09 bits per heavy atom. The van der Waals surface area contributed by atoms with E-state index >= 15 is 0 Å². The molecule has 0 radical (unpaired) electrons. The summed E-state index contributed by atoms with van der Waals surface area (Å²) in [4.78, 5) is 2.36. The average molecular weight is 551 g/mol. The molecule has 0 spiro atoms. The number of hydrogen-bond acceptors (Lipinski definition) is 2. The Morgan fingerprint density at radius 1 is 0.442 bits per heavy atom. The van der Waals surface area contributed by atoms with Crippen LogP contribution in [0.3, 0.4) is 0 Å². The van der Waals surface area contributed by atoms with Gasteiger partial charge in [-0.2, -0.15) is 0 Å². The second-order valence-corrected chi connectivity index (χ2v) is 11.0. The van der Waals surface area contributed by atoms with Crippen molar-refractivity contribution in [2.24, 2.45) is 0 Å². The molecule has 0 aliphatic rings. The normalized spacial score (nSPS) is 11.7. The van der Waals surface area contributed by atoms with Crippen molar-refractivity contribution in [3.8, 4) is 5.69 Å². The molecule has 0 bridgehead atoms. The van der Waals surface area contributed by atoms with E-state index in [1.807, 2.05) is 6.07 Å². The lowest BCUT2D eigenvalue weighted by atomic mass is 10.0. The maximum Gasteiger partial charge on any atom is 0.160 e. The topological polar surface area (TPSA) is 21.3 Å². The van der Waals surface area contributed by atoms with Gasteiger partial charge in [0.05, 0.1) is 16.7 Å². The van der Waals surface area contributed by atoms with Gasteiger partial charge in [-0.15, -0.1) is 0 Å². The van der Waals surface area contributed by atoms with Gasteiger partial charge in [-0.25, -0.2) is 0 Å². The highest BCUT2D eigenvalue weighted by atomic mass is 16.3. The first-order chi connectivity index (χ1) is 21.3. The zero-order valence-electron chi connectivity index (χ0n) is 23.3. The zero-order chi connectivity index (χ0) is 28.3. The van der Waals surface area contributed by atoms with E-state index in [0.29, 0.717) is 0 Å². The Morgan fingerprint density at radius 3 is 1.93 bits per heavy atom. The summed E-state index contributed by atoms with van der Waals surface area (Å²) < 4.78 is 9.07. The van der Waals surface area contributed by atoms with Crippen LogP contribution in [0.15, 0.2) is 162 Å². The van der Waals surface area contributed by atoms with Crippen molar-refractivity contribution < 1.29 is 4.42 Å². The molecule has 9 aromatic rings. The van der Waals surface area contributed by atoms with Crippen molar-refractivity contribution in [1.82, 2.24) is 4.57 Å². The standard InChI is InChI=1S/C40H26N2O/c1-3-14-28(15-4-1)41(39-31-18-8-7-13-27(31)25-35-34-20-10-12-22-38(34)43-40(35)39)30-23-24-33-32-19-9-11-21-36(32)42(37(33)26-30)29-16-5-2-6-17-29/h1-26H. The Balaban J connectivity index is 1.41. The van der Waals surface area contributed by atoms with Gasteiger partial charge >= 0.3 is 0 Å². The first kappa shape index (κ1) is 23.9. The van der Waals surface area contributed by atoms with Crippen molar-refractivity contribution in [3.05, 3.63) is 158 Å². The predicted octanol–water partition coefficient (Wildman–Crippen LogP) is 11.3. The Kier molecular flexibility index (Phi) is 5.20. The van der Waals surface area contributed by atoms with Crippen LogP contribution in [0.2, 0.25) is 0 Å². The largest absolute Gasteiger partial charge is 0.454 e. The van der Waals surface area contributed by atoms with Crippen molar-refractivity contribution in [1.29, 1.82) is 0 Å². The van der Waals surface area contributed by atoms with Crippen LogP contribution in [0, 0.1) is 0 Å². The van der Waals surface area contributed by atoms with Crippen LogP contribution in [-0.2, 0) is 0 Å². The second-order valence-electron chi connectivity index (χ2n) is 11.0. The van der Waals surface area contributed by atoms with E-state index in [0.717, 1.165) is 55.6 Å². The fraction of sp³-hybridized carbons (Fsp3) is 0. The maximum atomic E-state index is 6.70. The van der Waals surface area contributed by atoms with Crippen molar-refractivity contribution in [2.75, 3.05) is 4.90 Å². The van der Waals surface area contributed by atoms with E-state index in [1.165, 1.54) is 21.7 Å². The van der Waals surface area contributed by atoms with E-state index in [9.17, 15) is 0 Å². The molecule has 9 rings (SSSR count). The number of anilines is 3. The van der Waals surface area contributed by atoms with Gasteiger partial charge in [0.1, 0.15) is 5.58 Å². The van der Waals surface area contributed by atoms with Gasteiger partial charge in [0, 0.05) is 44.0 Å². The minimum atomic E-state index is 0.882. The number of nitrogens with zero attached hydrogens (tertiary/aromatic N) is 2. The minimum Gasteiger partial charge on any atom is -0.454 e. The number of fused-ring (bicyclic) bond motifs is 7. The maximum absolute atomic E-state index is 6.70. The quantitative estimate of drug-likeness (QED) is 0.217. The van der Waals surface area contributed by atoms with Gasteiger partial charge < -0.3 is 13.9 Å². The molecule has 202 valence electrons. The van der Waals surface area contributed by atoms with Crippen molar-refractivity contribution in [2.45, 2.75) is 0 Å². The van der Waals surface area contributed by atoms with E-state index in [4.69, 9.17) is 4.42 Å². The molecule has 7 aromatic carbocycles. The third-order valence-corrected chi connectivity index (χ3v) is 8.53. The number of rotatable bonds is 4. The zero-order valence-corrected chi connectivity index (χ0v) is 23.3. The highest BCUT2D eigenvalue weighted by Crippen LogP contribution is 2.47. The molecule has 0 saturated heterocycles. The van der Waals surface area contributed by atoms with Crippen LogP contribution in [0.4, 0.5) is 17.1 Å². The predicted molar refractivity (Wildman–Crippen MR) is 180 cm³/mol. The first-order valence-electron chi connectivity index (χ1n) is 14.6. The Bertz CT molecular complexity index is 2450. The molecule has 2 heterocycles. The number of hydrogen-bond donors (Lipinski definition) is 0. The van der Waals surface area contributed by atoms with Crippen LogP contribution >= 0.6 is 0 Å². The smallest absolute Gasteiger partial charge is 0.160 e. The summed E-state index contributed by atoms with van der Waals surface area (Å²) in [7, 11) is 0. The number of para-hydroxylation sites is 4. The Labute approximate surface area is 248 Å². The minimum absolute atomic E-state index is 0.882. The lowest BCUT2D eigenvalue weighted by Crippen LogP contribution is -2.11. The van der Waals surface area contributed by atoms with Gasteiger partial charge in [-0.1, -0.05) is 103 Å². The third-order valence-electron chi connectivity index (χ3n) is 8.53. The van der Waals surface area contributed by atoms with Crippen LogP contribution in [-0.4, -0.2) is 4.57 Å². The summed E-state index contributed by atoms with van der Waals surface area (Å²) >= 11 is 0. The van der Waals surface area contributed by atoms with Gasteiger partial charge in [-0.3, -0.25) is 0 Å². The highest BCUT2D eigenvalue weighted by molar-refractivity contribution is 6.19. The molecular weight excluding hydrogens is 524 g/mol. The fourth-order valence-corrected chi connectivity index (χ4v) is 6.66. The summed E-state index contributed by atoms with van der Waals surface area (Å²) in [5.41, 5.74) is 8.44. The summed E-state index contributed by atoms with van der Waals surface area (Å²) in [6.45, 7) is 0. The molecule has 0 amide bonds. The number of aromatic nitrogens is 1. The lowest BCUT2D eigenvalue weighted by molar-refractivity contribution is 0.669. The molecule has 0 saturated carbocycles. The highest BCUT2D eigenvalue weighted by Gasteiger charge is 2.23. The van der Waals surface area contributed by atoms with Crippen LogP contribution in [0.5, 0.6) is 0 Å².